The van der Waals surface area contributed by atoms with Crippen molar-refractivity contribution in [3.05, 3.63) is 0 Å². The number of nitrogens with two attached hydrogens (primary N) is 1. The molecule has 0 aromatic heterocycles. The van der Waals surface area contributed by atoms with Gasteiger partial charge < -0.3 is 10.8 Å². The van der Waals surface area contributed by atoms with Crippen molar-refractivity contribution >= 4 is 43.2 Å². The minimum atomic E-state index is -0.889. The molecule has 0 aromatic carbocycles. The standard InChI is InChI=1S/C6H11NO2.3ClH/c7-6(5(8)9)3-1-2-4-6;;;/h1-4,7H2,(H,8,9);3*1H. The lowest BCUT2D eigenvalue weighted by Crippen LogP contribution is -2.44. The number of halogens is 3. The Morgan fingerprint density at radius 2 is 1.50 bits per heavy atom. The summed E-state index contributed by atoms with van der Waals surface area (Å²) in [6.45, 7) is 0. The van der Waals surface area contributed by atoms with Crippen molar-refractivity contribution in [3.63, 3.8) is 0 Å². The molecule has 1 saturated carbocycles. The molecule has 1 fully saturated rings. The quantitative estimate of drug-likeness (QED) is 0.729. The zero-order chi connectivity index (χ0) is 6.91. The fraction of sp³-hybridized carbons (Fsp3) is 0.833. The lowest BCUT2D eigenvalue weighted by molar-refractivity contribution is -0.143. The molecule has 3 N–H and O–H groups in total. The smallest absolute Gasteiger partial charge is 0.323 e. The molecular formula is C6H14Cl3NO2. The van der Waals surface area contributed by atoms with Crippen molar-refractivity contribution in [2.75, 3.05) is 0 Å². The maximum atomic E-state index is 10.4. The minimum Gasteiger partial charge on any atom is -0.480 e. The zero-order valence-corrected chi connectivity index (χ0v) is 8.94. The number of carbonyl (C=O) groups is 1. The number of hydrogen-bond donors (Lipinski definition) is 2. The van der Waals surface area contributed by atoms with Gasteiger partial charge in [-0.2, -0.15) is 0 Å². The maximum absolute atomic E-state index is 10.4. The fourth-order valence-corrected chi connectivity index (χ4v) is 1.22. The molecule has 1 aliphatic carbocycles. The molecule has 0 bridgehead atoms. The van der Waals surface area contributed by atoms with Crippen molar-refractivity contribution in [2.24, 2.45) is 5.73 Å². The second-order valence-corrected chi connectivity index (χ2v) is 2.67. The first kappa shape index (κ1) is 18.2. The molecule has 0 unspecified atom stereocenters. The van der Waals surface area contributed by atoms with Crippen LogP contribution in [0.2, 0.25) is 0 Å². The van der Waals surface area contributed by atoms with E-state index >= 15 is 0 Å². The van der Waals surface area contributed by atoms with Gasteiger partial charge in [-0.1, -0.05) is 12.8 Å². The Labute approximate surface area is 90.3 Å². The molecule has 12 heavy (non-hydrogen) atoms. The summed E-state index contributed by atoms with van der Waals surface area (Å²) in [5.41, 5.74) is 4.61. The number of aliphatic carboxylic acids is 1. The summed E-state index contributed by atoms with van der Waals surface area (Å²) in [7, 11) is 0. The third kappa shape index (κ3) is 3.81. The SMILES string of the molecule is Cl.Cl.Cl.NC1(C(=O)O)CCCC1. The van der Waals surface area contributed by atoms with Gasteiger partial charge in [0.05, 0.1) is 0 Å². The molecule has 0 atom stereocenters. The molecule has 76 valence electrons. The molecule has 3 nitrogen and oxygen atoms in total. The third-order valence-corrected chi connectivity index (χ3v) is 1.92. The van der Waals surface area contributed by atoms with Crippen LogP contribution in [0.3, 0.4) is 0 Å². The third-order valence-electron chi connectivity index (χ3n) is 1.92. The van der Waals surface area contributed by atoms with E-state index < -0.39 is 11.5 Å². The number of hydrogen-bond acceptors (Lipinski definition) is 2. The van der Waals surface area contributed by atoms with Crippen LogP contribution in [0.1, 0.15) is 25.7 Å². The van der Waals surface area contributed by atoms with Gasteiger partial charge in [0.15, 0.2) is 0 Å². The maximum Gasteiger partial charge on any atom is 0.323 e. The molecule has 6 heteroatoms. The van der Waals surface area contributed by atoms with Gasteiger partial charge in [-0.05, 0) is 12.8 Å². The van der Waals surface area contributed by atoms with E-state index in [1.807, 2.05) is 0 Å². The van der Waals surface area contributed by atoms with Crippen LogP contribution in [-0.2, 0) is 4.79 Å². The monoisotopic (exact) mass is 237 g/mol. The largest absolute Gasteiger partial charge is 0.480 e. The van der Waals surface area contributed by atoms with E-state index in [0.717, 1.165) is 12.8 Å². The molecule has 0 saturated heterocycles. The summed E-state index contributed by atoms with van der Waals surface area (Å²) in [4.78, 5) is 10.4. The van der Waals surface area contributed by atoms with E-state index in [-0.39, 0.29) is 37.2 Å². The molecular weight excluding hydrogens is 224 g/mol. The summed E-state index contributed by atoms with van der Waals surface area (Å²) >= 11 is 0. The molecule has 0 heterocycles. The van der Waals surface area contributed by atoms with Gasteiger partial charge in [0.1, 0.15) is 5.54 Å². The summed E-state index contributed by atoms with van der Waals surface area (Å²) in [6, 6.07) is 0. The minimum absolute atomic E-state index is 0. The van der Waals surface area contributed by atoms with Crippen molar-refractivity contribution < 1.29 is 9.90 Å². The average Bonchev–Trinajstić information content (AvgIpc) is 2.16. The van der Waals surface area contributed by atoms with Crippen molar-refractivity contribution in [2.45, 2.75) is 31.2 Å². The molecule has 1 rings (SSSR count). The molecule has 0 aliphatic heterocycles. The highest BCUT2D eigenvalue weighted by molar-refractivity contribution is 5.86. The van der Waals surface area contributed by atoms with Crippen molar-refractivity contribution in [1.82, 2.24) is 0 Å². The Morgan fingerprint density at radius 3 is 1.67 bits per heavy atom. The Balaban J connectivity index is -0.000000270. The topological polar surface area (TPSA) is 63.3 Å². The van der Waals surface area contributed by atoms with Crippen LogP contribution in [-0.4, -0.2) is 16.6 Å². The second kappa shape index (κ2) is 6.78. The average molecular weight is 239 g/mol. The Hall–Kier alpha value is 0.300. The Kier molecular flexibility index (Phi) is 10.3. The van der Waals surface area contributed by atoms with Crippen LogP contribution in [0.25, 0.3) is 0 Å². The number of carboxylic acid groups (broad SMARTS) is 1. The van der Waals surface area contributed by atoms with Gasteiger partial charge in [0.25, 0.3) is 0 Å². The first-order chi connectivity index (χ1) is 4.15. The number of rotatable bonds is 1. The molecule has 0 radical (unpaired) electrons. The van der Waals surface area contributed by atoms with E-state index in [1.165, 1.54) is 0 Å². The molecule has 0 spiro atoms. The fourth-order valence-electron chi connectivity index (χ4n) is 1.22. The first-order valence-electron chi connectivity index (χ1n) is 3.17. The van der Waals surface area contributed by atoms with E-state index in [2.05, 4.69) is 0 Å². The summed E-state index contributed by atoms with van der Waals surface area (Å²) in [5, 5.41) is 8.55. The lowest BCUT2D eigenvalue weighted by Gasteiger charge is -2.15. The van der Waals surface area contributed by atoms with Gasteiger partial charge in [-0.25, -0.2) is 0 Å². The summed E-state index contributed by atoms with van der Waals surface area (Å²) in [5.74, 6) is -0.847. The van der Waals surface area contributed by atoms with Crippen LogP contribution in [0.15, 0.2) is 0 Å². The van der Waals surface area contributed by atoms with Gasteiger partial charge in [0.2, 0.25) is 0 Å². The van der Waals surface area contributed by atoms with E-state index in [9.17, 15) is 4.79 Å². The Morgan fingerprint density at radius 1 is 1.17 bits per heavy atom. The molecule has 1 aliphatic rings. The van der Waals surface area contributed by atoms with Gasteiger partial charge in [0, 0.05) is 0 Å². The summed E-state index contributed by atoms with van der Waals surface area (Å²) < 4.78 is 0. The lowest BCUT2D eigenvalue weighted by atomic mass is 10.0. The Bertz CT molecular complexity index is 137. The normalized spacial score (nSPS) is 18.1. The summed E-state index contributed by atoms with van der Waals surface area (Å²) in [6.07, 6.45) is 3.20. The number of carboxylic acids is 1. The predicted molar refractivity (Wildman–Crippen MR) is 54.8 cm³/mol. The van der Waals surface area contributed by atoms with Crippen LogP contribution in [0.4, 0.5) is 0 Å². The predicted octanol–water partition coefficient (Wildman–Crippen LogP) is 1.61. The van der Waals surface area contributed by atoms with Crippen LogP contribution >= 0.6 is 37.2 Å². The van der Waals surface area contributed by atoms with E-state index in [0.29, 0.717) is 12.8 Å². The highest BCUT2D eigenvalue weighted by Gasteiger charge is 2.36. The van der Waals surface area contributed by atoms with Crippen molar-refractivity contribution in [1.29, 1.82) is 0 Å². The van der Waals surface area contributed by atoms with E-state index in [4.69, 9.17) is 10.8 Å². The zero-order valence-electron chi connectivity index (χ0n) is 6.49. The highest BCUT2D eigenvalue weighted by atomic mass is 35.5. The van der Waals surface area contributed by atoms with Gasteiger partial charge in [-0.3, -0.25) is 4.79 Å². The molecule has 0 aromatic rings. The van der Waals surface area contributed by atoms with E-state index in [1.54, 1.807) is 0 Å². The highest BCUT2D eigenvalue weighted by Crippen LogP contribution is 2.26. The van der Waals surface area contributed by atoms with Crippen LogP contribution in [0, 0.1) is 0 Å². The second-order valence-electron chi connectivity index (χ2n) is 2.67. The molecule has 0 amide bonds. The van der Waals surface area contributed by atoms with Crippen LogP contribution in [0.5, 0.6) is 0 Å². The van der Waals surface area contributed by atoms with Gasteiger partial charge >= 0.3 is 5.97 Å². The van der Waals surface area contributed by atoms with Gasteiger partial charge in [-0.15, -0.1) is 37.2 Å². The first-order valence-corrected chi connectivity index (χ1v) is 3.17. The van der Waals surface area contributed by atoms with Crippen LogP contribution < -0.4 is 5.73 Å². The van der Waals surface area contributed by atoms with Crippen molar-refractivity contribution in [3.8, 4) is 0 Å².